The fraction of sp³-hybridized carbons (Fsp3) is 0.308. The molecule has 0 aliphatic carbocycles. The Morgan fingerprint density at radius 1 is 0.938 bits per heavy atom. The van der Waals surface area contributed by atoms with E-state index in [1.54, 1.807) is 26.2 Å². The zero-order chi connectivity index (χ0) is 22.1. The summed E-state index contributed by atoms with van der Waals surface area (Å²) in [5.74, 6) is 0.787. The topological polar surface area (TPSA) is 71.6 Å². The fourth-order valence-electron chi connectivity index (χ4n) is 4.03. The summed E-state index contributed by atoms with van der Waals surface area (Å²) >= 11 is 0. The molecule has 0 bridgehead atoms. The van der Waals surface area contributed by atoms with Crippen molar-refractivity contribution < 1.29 is 14.3 Å². The third kappa shape index (κ3) is 4.30. The summed E-state index contributed by atoms with van der Waals surface area (Å²) in [6.45, 7) is 7.96. The Bertz CT molecular complexity index is 1220. The van der Waals surface area contributed by atoms with E-state index < -0.39 is 5.60 Å². The number of furan rings is 1. The minimum Gasteiger partial charge on any atom is -0.454 e. The second-order valence-electron chi connectivity index (χ2n) is 8.76. The minimum atomic E-state index is -1.01. The van der Waals surface area contributed by atoms with E-state index in [0.29, 0.717) is 5.69 Å². The van der Waals surface area contributed by atoms with Crippen LogP contribution in [0.15, 0.2) is 65.3 Å². The van der Waals surface area contributed by atoms with Gasteiger partial charge in [0.2, 0.25) is 0 Å². The van der Waals surface area contributed by atoms with Crippen LogP contribution in [0.3, 0.4) is 0 Å². The van der Waals surface area contributed by atoms with Crippen molar-refractivity contribution in [2.24, 2.45) is 0 Å². The maximum atomic E-state index is 10.3. The molecule has 0 spiro atoms. The average Bonchev–Trinajstić information content (AvgIpc) is 3.24. The first-order chi connectivity index (χ1) is 15.5. The van der Waals surface area contributed by atoms with E-state index in [0.717, 1.165) is 66.4 Å². The third-order valence-electron chi connectivity index (χ3n) is 5.86. The molecule has 0 radical (unpaired) electrons. The quantitative estimate of drug-likeness (QED) is 0.499. The van der Waals surface area contributed by atoms with Crippen LogP contribution >= 0.6 is 0 Å². The summed E-state index contributed by atoms with van der Waals surface area (Å²) < 4.78 is 11.7. The number of nitrogens with zero attached hydrogens (tertiary/aromatic N) is 3. The van der Waals surface area contributed by atoms with Gasteiger partial charge in [0.25, 0.3) is 0 Å². The Morgan fingerprint density at radius 3 is 2.44 bits per heavy atom. The molecule has 0 unspecified atom stereocenters. The molecule has 32 heavy (non-hydrogen) atoms. The van der Waals surface area contributed by atoms with Crippen molar-refractivity contribution in [1.29, 1.82) is 0 Å². The molecule has 0 atom stereocenters. The summed E-state index contributed by atoms with van der Waals surface area (Å²) in [6, 6.07) is 16.3. The van der Waals surface area contributed by atoms with Gasteiger partial charge in [-0.3, -0.25) is 14.9 Å². The Hall–Kier alpha value is -3.06. The van der Waals surface area contributed by atoms with Gasteiger partial charge in [-0.15, -0.1) is 0 Å². The Morgan fingerprint density at radius 2 is 1.69 bits per heavy atom. The number of morpholine rings is 1. The first-order valence-electron chi connectivity index (χ1n) is 10.9. The molecule has 1 aromatic carbocycles. The zero-order valence-electron chi connectivity index (χ0n) is 18.4. The van der Waals surface area contributed by atoms with Crippen LogP contribution in [0.5, 0.6) is 0 Å². The highest BCUT2D eigenvalue weighted by Crippen LogP contribution is 2.34. The Kier molecular flexibility index (Phi) is 5.51. The molecule has 1 fully saturated rings. The van der Waals surface area contributed by atoms with Crippen LogP contribution in [0.4, 0.5) is 0 Å². The number of ether oxygens (including phenoxy) is 1. The van der Waals surface area contributed by atoms with Crippen LogP contribution in [-0.2, 0) is 16.9 Å². The molecular formula is C26H27N3O3. The van der Waals surface area contributed by atoms with Crippen molar-refractivity contribution in [3.8, 4) is 22.5 Å². The maximum absolute atomic E-state index is 10.3. The lowest BCUT2D eigenvalue weighted by Gasteiger charge is -2.26. The van der Waals surface area contributed by atoms with Gasteiger partial charge in [0.05, 0.1) is 18.9 Å². The van der Waals surface area contributed by atoms with Crippen molar-refractivity contribution in [3.05, 3.63) is 72.2 Å². The largest absolute Gasteiger partial charge is 0.454 e. The summed E-state index contributed by atoms with van der Waals surface area (Å²) in [6.07, 6.45) is 3.50. The van der Waals surface area contributed by atoms with Gasteiger partial charge in [-0.2, -0.15) is 0 Å². The molecule has 5 rings (SSSR count). The number of fused-ring (bicyclic) bond motifs is 1. The van der Waals surface area contributed by atoms with Gasteiger partial charge in [0.15, 0.2) is 5.58 Å². The third-order valence-corrected chi connectivity index (χ3v) is 5.86. The highest BCUT2D eigenvalue weighted by atomic mass is 16.5. The van der Waals surface area contributed by atoms with E-state index in [2.05, 4.69) is 39.1 Å². The smallest absolute Gasteiger partial charge is 0.161 e. The van der Waals surface area contributed by atoms with Gasteiger partial charge in [0, 0.05) is 49.2 Å². The average molecular weight is 430 g/mol. The predicted octanol–water partition coefficient (Wildman–Crippen LogP) is 4.62. The molecule has 1 aliphatic heterocycles. The van der Waals surface area contributed by atoms with Gasteiger partial charge >= 0.3 is 0 Å². The lowest BCUT2D eigenvalue weighted by Crippen LogP contribution is -2.35. The molecule has 6 heteroatoms. The van der Waals surface area contributed by atoms with Crippen LogP contribution in [-0.4, -0.2) is 46.3 Å². The molecule has 4 heterocycles. The van der Waals surface area contributed by atoms with Crippen LogP contribution < -0.4 is 0 Å². The van der Waals surface area contributed by atoms with Crippen LogP contribution in [0.2, 0.25) is 0 Å². The maximum Gasteiger partial charge on any atom is 0.161 e. The lowest BCUT2D eigenvalue weighted by atomic mass is 10.00. The second-order valence-corrected chi connectivity index (χ2v) is 8.76. The van der Waals surface area contributed by atoms with Gasteiger partial charge in [-0.25, -0.2) is 0 Å². The molecule has 0 saturated carbocycles. The number of aromatic nitrogens is 2. The van der Waals surface area contributed by atoms with Crippen molar-refractivity contribution >= 4 is 11.1 Å². The molecule has 0 amide bonds. The Labute approximate surface area is 187 Å². The van der Waals surface area contributed by atoms with Gasteiger partial charge in [0.1, 0.15) is 16.9 Å². The Balaban J connectivity index is 1.44. The number of rotatable bonds is 5. The zero-order valence-corrected chi connectivity index (χ0v) is 18.4. The van der Waals surface area contributed by atoms with E-state index >= 15 is 0 Å². The monoisotopic (exact) mass is 429 g/mol. The van der Waals surface area contributed by atoms with Crippen molar-refractivity contribution in [2.75, 3.05) is 26.3 Å². The first-order valence-corrected chi connectivity index (χ1v) is 10.9. The number of hydrogen-bond donors (Lipinski definition) is 1. The van der Waals surface area contributed by atoms with Crippen LogP contribution in [0, 0.1) is 0 Å². The lowest BCUT2D eigenvalue weighted by molar-refractivity contribution is 0.0342. The van der Waals surface area contributed by atoms with E-state index in [4.69, 9.17) is 9.15 Å². The summed E-state index contributed by atoms with van der Waals surface area (Å²) in [5.41, 5.74) is 5.30. The molecule has 1 saturated heterocycles. The van der Waals surface area contributed by atoms with E-state index in [1.807, 2.05) is 24.3 Å². The number of pyridine rings is 2. The van der Waals surface area contributed by atoms with Crippen molar-refractivity contribution in [1.82, 2.24) is 14.9 Å². The van der Waals surface area contributed by atoms with E-state index in [1.165, 1.54) is 5.56 Å². The van der Waals surface area contributed by atoms with Crippen molar-refractivity contribution in [2.45, 2.75) is 26.0 Å². The van der Waals surface area contributed by atoms with Crippen LogP contribution in [0.1, 0.15) is 25.1 Å². The highest BCUT2D eigenvalue weighted by molar-refractivity contribution is 5.92. The molecular weight excluding hydrogens is 402 g/mol. The molecule has 1 N–H and O–H groups in total. The van der Waals surface area contributed by atoms with E-state index in [-0.39, 0.29) is 0 Å². The normalized spacial score (nSPS) is 15.3. The molecule has 6 nitrogen and oxygen atoms in total. The summed E-state index contributed by atoms with van der Waals surface area (Å²) in [4.78, 5) is 11.2. The number of aliphatic hydroxyl groups is 1. The minimum absolute atomic E-state index is 0.614. The van der Waals surface area contributed by atoms with Gasteiger partial charge < -0.3 is 14.3 Å². The SMILES string of the molecule is CC(C)(O)c1cc(-c2ccnc3cc(-c4ccc(CN5CCOCC5)cc4)oc23)ccn1. The van der Waals surface area contributed by atoms with Crippen molar-refractivity contribution in [3.63, 3.8) is 0 Å². The number of benzene rings is 1. The van der Waals surface area contributed by atoms with Gasteiger partial charge in [-0.1, -0.05) is 24.3 Å². The molecule has 1 aliphatic rings. The molecule has 4 aromatic rings. The summed E-state index contributed by atoms with van der Waals surface area (Å²) in [5, 5.41) is 10.3. The van der Waals surface area contributed by atoms with Crippen LogP contribution in [0.25, 0.3) is 33.6 Å². The predicted molar refractivity (Wildman–Crippen MR) is 124 cm³/mol. The molecule has 164 valence electrons. The fourth-order valence-corrected chi connectivity index (χ4v) is 4.03. The van der Waals surface area contributed by atoms with E-state index in [9.17, 15) is 5.11 Å². The second kappa shape index (κ2) is 8.47. The van der Waals surface area contributed by atoms with Gasteiger partial charge in [-0.05, 0) is 43.2 Å². The summed E-state index contributed by atoms with van der Waals surface area (Å²) in [7, 11) is 0. The first kappa shape index (κ1) is 20.8. The standard InChI is InChI=1S/C26H27N3O3/c1-26(2,30)24-15-20(7-9-28-24)21-8-10-27-22-16-23(32-25(21)22)19-5-3-18(4-6-19)17-29-11-13-31-14-12-29/h3-10,15-16,30H,11-14,17H2,1-2H3. The number of hydrogen-bond acceptors (Lipinski definition) is 6. The highest BCUT2D eigenvalue weighted by Gasteiger charge is 2.19. The molecule has 3 aromatic heterocycles.